The van der Waals surface area contributed by atoms with Crippen LogP contribution < -0.4 is 0 Å². The predicted octanol–water partition coefficient (Wildman–Crippen LogP) is 6.03. The van der Waals surface area contributed by atoms with Gasteiger partial charge >= 0.3 is 0 Å². The number of benzene rings is 2. The topological polar surface area (TPSA) is 37.4 Å². The molecule has 2 aromatic rings. The molecule has 1 heterocycles. The monoisotopic (exact) mass is 451 g/mol. The van der Waals surface area contributed by atoms with Gasteiger partial charge in [-0.2, -0.15) is 0 Å². The number of thioether (sulfide) groups is 1. The normalized spacial score (nSPS) is 16.3. The highest BCUT2D eigenvalue weighted by molar-refractivity contribution is 9.10. The minimum atomic E-state index is -0.546. The van der Waals surface area contributed by atoms with Crippen molar-refractivity contribution in [3.05, 3.63) is 86.0 Å². The van der Waals surface area contributed by atoms with Crippen LogP contribution in [0.15, 0.2) is 64.0 Å². The molecule has 0 aliphatic carbocycles. The molecule has 0 spiro atoms. The molecule has 0 unspecified atom stereocenters. The summed E-state index contributed by atoms with van der Waals surface area (Å²) in [6.45, 7) is -0.191. The molecule has 1 fully saturated rings. The number of allylic oxidation sites excluding steroid dienone is 2. The second-order valence-electron chi connectivity index (χ2n) is 5.40. The molecule has 1 saturated heterocycles. The Balaban J connectivity index is 1.75. The van der Waals surface area contributed by atoms with E-state index in [4.69, 9.17) is 11.6 Å². The lowest BCUT2D eigenvalue weighted by atomic mass is 10.2. The maximum absolute atomic E-state index is 13.9. The van der Waals surface area contributed by atoms with Gasteiger partial charge in [0, 0.05) is 15.1 Å². The van der Waals surface area contributed by atoms with E-state index in [-0.39, 0.29) is 22.0 Å². The van der Waals surface area contributed by atoms with Crippen LogP contribution in [0.25, 0.3) is 6.08 Å². The van der Waals surface area contributed by atoms with Crippen molar-refractivity contribution in [2.45, 2.75) is 6.54 Å². The van der Waals surface area contributed by atoms with E-state index < -0.39 is 17.0 Å². The van der Waals surface area contributed by atoms with Crippen LogP contribution in [-0.2, 0) is 11.3 Å². The Labute approximate surface area is 167 Å². The van der Waals surface area contributed by atoms with Gasteiger partial charge in [-0.15, -0.1) is 0 Å². The van der Waals surface area contributed by atoms with Crippen LogP contribution in [0.2, 0.25) is 5.02 Å². The highest BCUT2D eigenvalue weighted by Crippen LogP contribution is 2.33. The zero-order valence-electron chi connectivity index (χ0n) is 13.3. The average Bonchev–Trinajstić information content (AvgIpc) is 2.87. The maximum Gasteiger partial charge on any atom is 0.293 e. The lowest BCUT2D eigenvalue weighted by Gasteiger charge is -2.14. The molecule has 1 aliphatic rings. The molecular weight excluding hydrogens is 441 g/mol. The third-order valence-electron chi connectivity index (χ3n) is 3.66. The van der Waals surface area contributed by atoms with Crippen molar-refractivity contribution >= 4 is 56.5 Å². The fourth-order valence-electron chi connectivity index (χ4n) is 2.31. The Bertz CT molecular complexity index is 907. The SMILES string of the molecule is O=C1S/C(=C\C=C\c2ccc(Br)cc2)C(=O)N1Cc1c(F)cccc1Cl. The molecule has 3 rings (SSSR count). The summed E-state index contributed by atoms with van der Waals surface area (Å²) in [6, 6.07) is 11.9. The summed E-state index contributed by atoms with van der Waals surface area (Å²) < 4.78 is 14.9. The first-order valence-corrected chi connectivity index (χ1v) is 9.55. The summed E-state index contributed by atoms with van der Waals surface area (Å²) in [5, 5.41) is -0.263. The fraction of sp³-hybridized carbons (Fsp3) is 0.0526. The molecule has 0 radical (unpaired) electrons. The van der Waals surface area contributed by atoms with E-state index in [9.17, 15) is 14.0 Å². The van der Waals surface area contributed by atoms with Gasteiger partial charge in [0.15, 0.2) is 0 Å². The molecule has 1 aliphatic heterocycles. The van der Waals surface area contributed by atoms with Crippen LogP contribution in [0.3, 0.4) is 0 Å². The van der Waals surface area contributed by atoms with Crippen molar-refractivity contribution in [2.75, 3.05) is 0 Å². The molecule has 132 valence electrons. The number of halogens is 3. The van der Waals surface area contributed by atoms with E-state index in [0.29, 0.717) is 0 Å². The summed E-state index contributed by atoms with van der Waals surface area (Å²) in [5.41, 5.74) is 1.09. The highest BCUT2D eigenvalue weighted by atomic mass is 79.9. The number of hydrogen-bond donors (Lipinski definition) is 0. The van der Waals surface area contributed by atoms with E-state index in [1.165, 1.54) is 18.2 Å². The molecule has 26 heavy (non-hydrogen) atoms. The fourth-order valence-corrected chi connectivity index (χ4v) is 3.59. The van der Waals surface area contributed by atoms with E-state index in [0.717, 1.165) is 26.7 Å². The lowest BCUT2D eigenvalue weighted by Crippen LogP contribution is -2.28. The van der Waals surface area contributed by atoms with Gasteiger partial charge in [0.2, 0.25) is 0 Å². The highest BCUT2D eigenvalue weighted by Gasteiger charge is 2.35. The minimum absolute atomic E-state index is 0.128. The van der Waals surface area contributed by atoms with Gasteiger partial charge in [-0.05, 0) is 47.7 Å². The summed E-state index contributed by atoms with van der Waals surface area (Å²) in [4.78, 5) is 25.8. The summed E-state index contributed by atoms with van der Waals surface area (Å²) >= 11 is 10.2. The summed E-state index contributed by atoms with van der Waals surface area (Å²) in [5.74, 6) is -1.00. The predicted molar refractivity (Wildman–Crippen MR) is 106 cm³/mol. The molecule has 7 heteroatoms. The minimum Gasteiger partial charge on any atom is -0.268 e. The number of nitrogens with zero attached hydrogens (tertiary/aromatic N) is 1. The molecule has 0 saturated carbocycles. The van der Waals surface area contributed by atoms with Gasteiger partial charge in [-0.3, -0.25) is 14.5 Å². The number of rotatable bonds is 4. The Morgan fingerprint density at radius 2 is 1.88 bits per heavy atom. The largest absolute Gasteiger partial charge is 0.293 e. The lowest BCUT2D eigenvalue weighted by molar-refractivity contribution is -0.123. The summed E-state index contributed by atoms with van der Waals surface area (Å²) in [6.07, 6.45) is 5.11. The summed E-state index contributed by atoms with van der Waals surface area (Å²) in [7, 11) is 0. The van der Waals surface area contributed by atoms with Crippen molar-refractivity contribution in [3.8, 4) is 0 Å². The maximum atomic E-state index is 13.9. The molecule has 0 atom stereocenters. The Morgan fingerprint density at radius 3 is 2.58 bits per heavy atom. The third-order valence-corrected chi connectivity index (χ3v) is 5.47. The van der Waals surface area contributed by atoms with E-state index in [2.05, 4.69) is 15.9 Å². The Kier molecular flexibility index (Phi) is 5.96. The standard InChI is InChI=1S/C19H12BrClFNO2S/c20-13-9-7-12(8-10-13)3-1-6-17-18(24)23(19(25)26-17)11-14-15(21)4-2-5-16(14)22/h1-10H,11H2/b3-1+,17-6-. The van der Waals surface area contributed by atoms with Crippen LogP contribution >= 0.6 is 39.3 Å². The Morgan fingerprint density at radius 1 is 1.15 bits per heavy atom. The molecular formula is C19H12BrClFNO2S. The van der Waals surface area contributed by atoms with Crippen LogP contribution in [-0.4, -0.2) is 16.0 Å². The van der Waals surface area contributed by atoms with E-state index in [1.807, 2.05) is 30.3 Å². The first-order chi connectivity index (χ1) is 12.5. The smallest absolute Gasteiger partial charge is 0.268 e. The molecule has 2 amide bonds. The van der Waals surface area contributed by atoms with E-state index in [1.54, 1.807) is 12.2 Å². The van der Waals surface area contributed by atoms with Gasteiger partial charge in [-0.25, -0.2) is 4.39 Å². The zero-order chi connectivity index (χ0) is 18.7. The van der Waals surface area contributed by atoms with Gasteiger partial charge in [0.25, 0.3) is 11.1 Å². The zero-order valence-corrected chi connectivity index (χ0v) is 16.4. The van der Waals surface area contributed by atoms with Crippen LogP contribution in [0.5, 0.6) is 0 Å². The molecule has 3 nitrogen and oxygen atoms in total. The number of amides is 2. The first kappa shape index (κ1) is 18.9. The third kappa shape index (κ3) is 4.26. The van der Waals surface area contributed by atoms with Gasteiger partial charge in [0.1, 0.15) is 5.82 Å². The molecule has 2 aromatic carbocycles. The first-order valence-electron chi connectivity index (χ1n) is 7.56. The van der Waals surface area contributed by atoms with Crippen LogP contribution in [0.1, 0.15) is 11.1 Å². The van der Waals surface area contributed by atoms with Crippen molar-refractivity contribution in [2.24, 2.45) is 0 Å². The second kappa shape index (κ2) is 8.20. The average molecular weight is 453 g/mol. The van der Waals surface area contributed by atoms with Gasteiger partial charge < -0.3 is 0 Å². The number of carbonyl (C=O) groups excluding carboxylic acids is 2. The van der Waals surface area contributed by atoms with Crippen molar-refractivity contribution in [1.29, 1.82) is 0 Å². The van der Waals surface area contributed by atoms with Crippen molar-refractivity contribution in [1.82, 2.24) is 4.90 Å². The number of imide groups is 1. The quantitative estimate of drug-likeness (QED) is 0.531. The Hall–Kier alpha value is -1.89. The van der Waals surface area contributed by atoms with Crippen molar-refractivity contribution in [3.63, 3.8) is 0 Å². The molecule has 0 aromatic heterocycles. The number of hydrogen-bond acceptors (Lipinski definition) is 3. The van der Waals surface area contributed by atoms with Gasteiger partial charge in [-0.1, -0.05) is 57.9 Å². The molecule has 0 bridgehead atoms. The van der Waals surface area contributed by atoms with Gasteiger partial charge in [0.05, 0.1) is 11.4 Å². The molecule has 0 N–H and O–H groups in total. The number of carbonyl (C=O) groups is 2. The second-order valence-corrected chi connectivity index (χ2v) is 7.72. The van der Waals surface area contributed by atoms with Crippen LogP contribution in [0.4, 0.5) is 9.18 Å². The van der Waals surface area contributed by atoms with E-state index >= 15 is 0 Å². The van der Waals surface area contributed by atoms with Crippen molar-refractivity contribution < 1.29 is 14.0 Å². The van der Waals surface area contributed by atoms with Crippen LogP contribution in [0, 0.1) is 5.82 Å².